The molecule has 0 bridgehead atoms. The third-order valence-corrected chi connectivity index (χ3v) is 3.19. The zero-order valence-corrected chi connectivity index (χ0v) is 11.7. The molecule has 2 aromatic heterocycles. The molecule has 5 nitrogen and oxygen atoms in total. The lowest BCUT2D eigenvalue weighted by Crippen LogP contribution is -2.22. The van der Waals surface area contributed by atoms with E-state index in [9.17, 15) is 4.79 Å². The minimum Gasteiger partial charge on any atom is -0.467 e. The van der Waals surface area contributed by atoms with E-state index in [-0.39, 0.29) is 5.91 Å². The number of nitrogens with zero attached hydrogens (tertiary/aromatic N) is 2. The third-order valence-electron chi connectivity index (χ3n) is 2.94. The van der Waals surface area contributed by atoms with E-state index in [2.05, 4.69) is 10.4 Å². The molecule has 0 atom stereocenters. The van der Waals surface area contributed by atoms with Gasteiger partial charge in [0.2, 0.25) is 0 Å². The largest absolute Gasteiger partial charge is 0.467 e. The van der Waals surface area contributed by atoms with Crippen LogP contribution in [0.4, 0.5) is 0 Å². The molecule has 106 valence electrons. The van der Waals surface area contributed by atoms with Crippen LogP contribution in [-0.4, -0.2) is 15.7 Å². The second-order valence-electron chi connectivity index (χ2n) is 4.41. The molecular weight excluding hydrogens is 290 g/mol. The van der Waals surface area contributed by atoms with Crippen molar-refractivity contribution in [1.29, 1.82) is 0 Å². The highest BCUT2D eigenvalue weighted by molar-refractivity contribution is 6.30. The van der Waals surface area contributed by atoms with Gasteiger partial charge in [0.05, 0.1) is 30.3 Å². The molecule has 0 unspecified atom stereocenters. The minimum atomic E-state index is -0.202. The van der Waals surface area contributed by atoms with Gasteiger partial charge in [-0.15, -0.1) is 0 Å². The van der Waals surface area contributed by atoms with Crippen LogP contribution >= 0.6 is 11.6 Å². The summed E-state index contributed by atoms with van der Waals surface area (Å²) in [6.45, 7) is 0.345. The number of hydrogen-bond donors (Lipinski definition) is 1. The fourth-order valence-corrected chi connectivity index (χ4v) is 1.98. The molecule has 1 amide bonds. The molecular formula is C15H12ClN3O2. The van der Waals surface area contributed by atoms with E-state index in [1.165, 1.54) is 6.20 Å². The van der Waals surface area contributed by atoms with Crippen LogP contribution in [-0.2, 0) is 6.54 Å². The van der Waals surface area contributed by atoms with Crippen molar-refractivity contribution in [3.63, 3.8) is 0 Å². The van der Waals surface area contributed by atoms with Gasteiger partial charge in [0, 0.05) is 11.2 Å². The van der Waals surface area contributed by atoms with Crippen molar-refractivity contribution in [3.05, 3.63) is 71.4 Å². The van der Waals surface area contributed by atoms with Crippen LogP contribution in [0.15, 0.2) is 59.5 Å². The Morgan fingerprint density at radius 3 is 2.81 bits per heavy atom. The van der Waals surface area contributed by atoms with Gasteiger partial charge in [0.1, 0.15) is 5.76 Å². The summed E-state index contributed by atoms with van der Waals surface area (Å²) in [4.78, 5) is 12.0. The quantitative estimate of drug-likeness (QED) is 0.805. The van der Waals surface area contributed by atoms with Crippen molar-refractivity contribution in [2.45, 2.75) is 6.54 Å². The topological polar surface area (TPSA) is 60.1 Å². The Kier molecular flexibility index (Phi) is 3.75. The molecule has 3 aromatic rings. The minimum absolute atomic E-state index is 0.202. The van der Waals surface area contributed by atoms with Crippen molar-refractivity contribution in [2.24, 2.45) is 0 Å². The van der Waals surface area contributed by atoms with Gasteiger partial charge >= 0.3 is 0 Å². The van der Waals surface area contributed by atoms with E-state index in [1.54, 1.807) is 41.4 Å². The Bertz CT molecular complexity index is 733. The molecule has 0 spiro atoms. The lowest BCUT2D eigenvalue weighted by Gasteiger charge is -2.01. The molecule has 0 saturated heterocycles. The number of rotatable bonds is 4. The Balaban J connectivity index is 1.69. The Morgan fingerprint density at radius 2 is 2.10 bits per heavy atom. The molecule has 0 aliphatic carbocycles. The molecule has 0 aliphatic rings. The molecule has 2 heterocycles. The summed E-state index contributed by atoms with van der Waals surface area (Å²) in [5, 5.41) is 7.59. The van der Waals surface area contributed by atoms with Gasteiger partial charge in [-0.25, -0.2) is 4.68 Å². The summed E-state index contributed by atoms with van der Waals surface area (Å²) in [7, 11) is 0. The van der Waals surface area contributed by atoms with Gasteiger partial charge in [-0.1, -0.05) is 11.6 Å². The summed E-state index contributed by atoms with van der Waals surface area (Å²) < 4.78 is 6.78. The number of benzene rings is 1. The first kappa shape index (κ1) is 13.5. The average molecular weight is 302 g/mol. The molecule has 0 aliphatic heterocycles. The number of nitrogens with one attached hydrogen (secondary N) is 1. The van der Waals surface area contributed by atoms with Crippen molar-refractivity contribution in [2.75, 3.05) is 0 Å². The smallest absolute Gasteiger partial charge is 0.254 e. The van der Waals surface area contributed by atoms with E-state index in [1.807, 2.05) is 12.1 Å². The maximum absolute atomic E-state index is 12.0. The van der Waals surface area contributed by atoms with Gasteiger partial charge in [-0.2, -0.15) is 5.10 Å². The Labute approximate surface area is 126 Å². The fourth-order valence-electron chi connectivity index (χ4n) is 1.86. The summed E-state index contributed by atoms with van der Waals surface area (Å²) >= 11 is 5.84. The van der Waals surface area contributed by atoms with E-state index < -0.39 is 0 Å². The zero-order valence-electron chi connectivity index (χ0n) is 11.0. The number of aromatic nitrogens is 2. The molecule has 21 heavy (non-hydrogen) atoms. The number of furan rings is 1. The molecule has 0 fully saturated rings. The molecule has 3 rings (SSSR count). The van der Waals surface area contributed by atoms with Crippen molar-refractivity contribution in [3.8, 4) is 5.69 Å². The summed E-state index contributed by atoms with van der Waals surface area (Å²) in [6, 6.07) is 10.8. The fraction of sp³-hybridized carbons (Fsp3) is 0.0667. The second-order valence-corrected chi connectivity index (χ2v) is 4.85. The van der Waals surface area contributed by atoms with Gasteiger partial charge < -0.3 is 9.73 Å². The van der Waals surface area contributed by atoms with Crippen LogP contribution < -0.4 is 5.32 Å². The SMILES string of the molecule is O=C(NCc1ccco1)c1cnn(-c2ccc(Cl)cc2)c1. The van der Waals surface area contributed by atoms with E-state index in [4.69, 9.17) is 16.0 Å². The maximum atomic E-state index is 12.0. The molecule has 0 radical (unpaired) electrons. The highest BCUT2D eigenvalue weighted by Crippen LogP contribution is 2.13. The number of carbonyl (C=O) groups is 1. The normalized spacial score (nSPS) is 10.5. The monoisotopic (exact) mass is 301 g/mol. The van der Waals surface area contributed by atoms with Crippen LogP contribution in [0.5, 0.6) is 0 Å². The van der Waals surface area contributed by atoms with Crippen LogP contribution in [0, 0.1) is 0 Å². The van der Waals surface area contributed by atoms with Gasteiger partial charge in [0.25, 0.3) is 5.91 Å². The molecule has 1 N–H and O–H groups in total. The van der Waals surface area contributed by atoms with Crippen molar-refractivity contribution >= 4 is 17.5 Å². The first-order valence-electron chi connectivity index (χ1n) is 6.33. The van der Waals surface area contributed by atoms with Crippen LogP contribution in [0.2, 0.25) is 5.02 Å². The van der Waals surface area contributed by atoms with Gasteiger partial charge in [-0.3, -0.25) is 4.79 Å². The lowest BCUT2D eigenvalue weighted by molar-refractivity contribution is 0.0948. The number of halogens is 1. The Morgan fingerprint density at radius 1 is 1.29 bits per heavy atom. The molecule has 6 heteroatoms. The van der Waals surface area contributed by atoms with E-state index in [0.717, 1.165) is 5.69 Å². The van der Waals surface area contributed by atoms with Gasteiger partial charge in [0.15, 0.2) is 0 Å². The van der Waals surface area contributed by atoms with Crippen LogP contribution in [0.1, 0.15) is 16.1 Å². The number of hydrogen-bond acceptors (Lipinski definition) is 3. The molecule has 1 aromatic carbocycles. The molecule has 0 saturated carbocycles. The zero-order chi connectivity index (χ0) is 14.7. The Hall–Kier alpha value is -2.53. The predicted molar refractivity (Wildman–Crippen MR) is 78.5 cm³/mol. The first-order valence-corrected chi connectivity index (χ1v) is 6.71. The highest BCUT2D eigenvalue weighted by atomic mass is 35.5. The number of carbonyl (C=O) groups excluding carboxylic acids is 1. The highest BCUT2D eigenvalue weighted by Gasteiger charge is 2.09. The third kappa shape index (κ3) is 3.14. The van der Waals surface area contributed by atoms with Crippen LogP contribution in [0.25, 0.3) is 5.69 Å². The first-order chi connectivity index (χ1) is 10.2. The van der Waals surface area contributed by atoms with E-state index >= 15 is 0 Å². The lowest BCUT2D eigenvalue weighted by atomic mass is 10.3. The predicted octanol–water partition coefficient (Wildman–Crippen LogP) is 3.05. The van der Waals surface area contributed by atoms with Crippen molar-refractivity contribution in [1.82, 2.24) is 15.1 Å². The van der Waals surface area contributed by atoms with Crippen molar-refractivity contribution < 1.29 is 9.21 Å². The summed E-state index contributed by atoms with van der Waals surface area (Å²) in [5.41, 5.74) is 1.32. The number of amides is 1. The van der Waals surface area contributed by atoms with E-state index in [0.29, 0.717) is 22.9 Å². The second kappa shape index (κ2) is 5.85. The summed E-state index contributed by atoms with van der Waals surface area (Å²) in [5.74, 6) is 0.500. The van der Waals surface area contributed by atoms with Gasteiger partial charge in [-0.05, 0) is 36.4 Å². The average Bonchev–Trinajstić information content (AvgIpc) is 3.17. The van der Waals surface area contributed by atoms with Crippen LogP contribution in [0.3, 0.4) is 0 Å². The standard InChI is InChI=1S/C15H12ClN3O2/c16-12-3-5-13(6-4-12)19-10-11(8-18-19)15(20)17-9-14-2-1-7-21-14/h1-8,10H,9H2,(H,17,20). The maximum Gasteiger partial charge on any atom is 0.254 e. The summed E-state index contributed by atoms with van der Waals surface area (Å²) in [6.07, 6.45) is 4.76.